The van der Waals surface area contributed by atoms with E-state index in [1.54, 1.807) is 6.07 Å². The van der Waals surface area contributed by atoms with Gasteiger partial charge in [-0.15, -0.1) is 0 Å². The van der Waals surface area contributed by atoms with Crippen molar-refractivity contribution in [1.29, 1.82) is 0 Å². The Bertz CT molecular complexity index is 629. The highest BCUT2D eigenvalue weighted by Crippen LogP contribution is 2.38. The van der Waals surface area contributed by atoms with Gasteiger partial charge in [0, 0.05) is 10.6 Å². The van der Waals surface area contributed by atoms with E-state index in [4.69, 9.17) is 11.6 Å². The first-order valence-corrected chi connectivity index (χ1v) is 7.54. The summed E-state index contributed by atoms with van der Waals surface area (Å²) in [7, 11) is 0. The highest BCUT2D eigenvalue weighted by molar-refractivity contribution is 9.10. The number of aryl methyl sites for hydroxylation is 1. The van der Waals surface area contributed by atoms with Crippen LogP contribution in [0.3, 0.4) is 0 Å². The molecule has 0 saturated carbocycles. The summed E-state index contributed by atoms with van der Waals surface area (Å²) in [5.74, 6) is -1.00. The molecule has 0 fully saturated rings. The normalized spacial score (nSPS) is 12.5. The zero-order valence-corrected chi connectivity index (χ0v) is 13.8. The third kappa shape index (κ3) is 3.01. The maximum Gasteiger partial charge on any atom is 0.137 e. The maximum atomic E-state index is 13.9. The van der Waals surface area contributed by atoms with E-state index in [1.165, 1.54) is 0 Å². The van der Waals surface area contributed by atoms with Gasteiger partial charge in [0.15, 0.2) is 0 Å². The van der Waals surface area contributed by atoms with Crippen molar-refractivity contribution in [3.8, 4) is 0 Å². The topological polar surface area (TPSA) is 0 Å². The quantitative estimate of drug-likeness (QED) is 0.410. The molecule has 0 aliphatic carbocycles. The Morgan fingerprint density at radius 1 is 1.11 bits per heavy atom. The molecule has 100 valence electrons. The van der Waals surface area contributed by atoms with Gasteiger partial charge in [-0.05, 0) is 46.1 Å². The van der Waals surface area contributed by atoms with Gasteiger partial charge in [-0.2, -0.15) is 0 Å². The molecule has 0 N–H and O–H groups in total. The summed E-state index contributed by atoms with van der Waals surface area (Å²) in [4.78, 5) is -0.498. The van der Waals surface area contributed by atoms with Crippen LogP contribution >= 0.6 is 43.5 Å². The van der Waals surface area contributed by atoms with Crippen molar-refractivity contribution in [1.82, 2.24) is 0 Å². The van der Waals surface area contributed by atoms with Crippen molar-refractivity contribution in [3.05, 3.63) is 68.2 Å². The largest absolute Gasteiger partial charge is 0.207 e. The lowest BCUT2D eigenvalue weighted by molar-refractivity contribution is 0.583. The fourth-order valence-electron chi connectivity index (χ4n) is 1.77. The highest BCUT2D eigenvalue weighted by Gasteiger charge is 2.20. The van der Waals surface area contributed by atoms with E-state index < -0.39 is 16.5 Å². The van der Waals surface area contributed by atoms with Gasteiger partial charge < -0.3 is 0 Å². The Kier molecular flexibility index (Phi) is 4.64. The Hall–Kier alpha value is -0.450. The number of hydrogen-bond acceptors (Lipinski definition) is 0. The van der Waals surface area contributed by atoms with Crippen LogP contribution in [0.25, 0.3) is 0 Å². The van der Waals surface area contributed by atoms with Crippen LogP contribution in [-0.2, 0) is 0 Å². The molecule has 0 aromatic heterocycles. The second-order valence-electron chi connectivity index (χ2n) is 4.13. The molecule has 0 amide bonds. The summed E-state index contributed by atoms with van der Waals surface area (Å²) in [5.41, 5.74) is 1.82. The van der Waals surface area contributed by atoms with Crippen LogP contribution in [0.2, 0.25) is 5.02 Å². The monoisotopic (exact) mass is 408 g/mol. The molecule has 2 aromatic carbocycles. The minimum atomic E-state index is -0.510. The predicted molar refractivity (Wildman–Crippen MR) is 81.0 cm³/mol. The Morgan fingerprint density at radius 3 is 2.47 bits per heavy atom. The van der Waals surface area contributed by atoms with Gasteiger partial charge in [-0.25, -0.2) is 8.78 Å². The van der Waals surface area contributed by atoms with Gasteiger partial charge in [0.25, 0.3) is 0 Å². The lowest BCUT2D eigenvalue weighted by Gasteiger charge is -2.15. The summed E-state index contributed by atoms with van der Waals surface area (Å²) in [6, 6.07) is 7.76. The smallest absolute Gasteiger partial charge is 0.137 e. The Morgan fingerprint density at radius 2 is 1.79 bits per heavy atom. The van der Waals surface area contributed by atoms with Crippen LogP contribution in [-0.4, -0.2) is 0 Å². The lowest BCUT2D eigenvalue weighted by atomic mass is 10.0. The summed E-state index contributed by atoms with van der Waals surface area (Å²) in [6.07, 6.45) is 0. The molecule has 0 aliphatic heterocycles. The van der Waals surface area contributed by atoms with Gasteiger partial charge in [0.05, 0.1) is 9.30 Å². The average molecular weight is 410 g/mol. The van der Waals surface area contributed by atoms with E-state index in [0.29, 0.717) is 10.6 Å². The van der Waals surface area contributed by atoms with E-state index in [-0.39, 0.29) is 10.0 Å². The fraction of sp³-hybridized carbons (Fsp3) is 0.143. The SMILES string of the molecule is Cc1cccc(C(Br)c2cc(F)c(Br)cc2F)c1Cl. The molecule has 1 unspecified atom stereocenters. The van der Waals surface area contributed by atoms with Crippen LogP contribution in [0.1, 0.15) is 21.5 Å². The first-order chi connectivity index (χ1) is 8.91. The average Bonchev–Trinajstić information content (AvgIpc) is 2.36. The highest BCUT2D eigenvalue weighted by atomic mass is 79.9. The van der Waals surface area contributed by atoms with Crippen molar-refractivity contribution in [2.45, 2.75) is 11.8 Å². The predicted octanol–water partition coefficient (Wildman–Crippen LogP) is 6.17. The first-order valence-electron chi connectivity index (χ1n) is 5.45. The molecule has 0 saturated heterocycles. The molecular formula is C14H9Br2ClF2. The van der Waals surface area contributed by atoms with Crippen LogP contribution in [0.5, 0.6) is 0 Å². The number of rotatable bonds is 2. The molecule has 0 radical (unpaired) electrons. The summed E-state index contributed by atoms with van der Waals surface area (Å²) in [6.45, 7) is 1.87. The van der Waals surface area contributed by atoms with E-state index in [1.807, 2.05) is 19.1 Å². The van der Waals surface area contributed by atoms with Crippen molar-refractivity contribution in [2.75, 3.05) is 0 Å². The molecule has 0 nitrogen and oxygen atoms in total. The van der Waals surface area contributed by atoms with E-state index in [9.17, 15) is 8.78 Å². The minimum Gasteiger partial charge on any atom is -0.207 e. The molecular weight excluding hydrogens is 401 g/mol. The lowest BCUT2D eigenvalue weighted by Crippen LogP contribution is -2.00. The van der Waals surface area contributed by atoms with Gasteiger partial charge in [-0.1, -0.05) is 45.7 Å². The molecule has 2 rings (SSSR count). The number of halogens is 5. The first kappa shape index (κ1) is 14.9. The molecule has 0 bridgehead atoms. The summed E-state index contributed by atoms with van der Waals surface area (Å²) >= 11 is 12.5. The van der Waals surface area contributed by atoms with Crippen LogP contribution < -0.4 is 0 Å². The maximum absolute atomic E-state index is 13.9. The minimum absolute atomic E-state index is 0.101. The third-order valence-electron chi connectivity index (χ3n) is 2.81. The van der Waals surface area contributed by atoms with Crippen molar-refractivity contribution in [3.63, 3.8) is 0 Å². The van der Waals surface area contributed by atoms with Crippen LogP contribution in [0, 0.1) is 18.6 Å². The number of hydrogen-bond donors (Lipinski definition) is 0. The van der Waals surface area contributed by atoms with E-state index in [0.717, 1.165) is 17.7 Å². The summed E-state index contributed by atoms with van der Waals surface area (Å²) in [5, 5.41) is 0.548. The zero-order chi connectivity index (χ0) is 14.2. The molecule has 2 aromatic rings. The third-order valence-corrected chi connectivity index (χ3v) is 4.92. The Labute approximate surface area is 132 Å². The molecule has 1 atom stereocenters. The van der Waals surface area contributed by atoms with Gasteiger partial charge >= 0.3 is 0 Å². The van der Waals surface area contributed by atoms with Crippen molar-refractivity contribution >= 4 is 43.5 Å². The Balaban J connectivity index is 2.53. The number of alkyl halides is 1. The summed E-state index contributed by atoms with van der Waals surface area (Å²) < 4.78 is 27.6. The van der Waals surface area contributed by atoms with Crippen molar-refractivity contribution < 1.29 is 8.78 Å². The fourth-order valence-corrected chi connectivity index (χ4v) is 3.18. The van der Waals surface area contributed by atoms with Gasteiger partial charge in [-0.3, -0.25) is 0 Å². The standard InChI is InChI=1S/C14H9Br2ClF2/c1-7-3-2-4-8(14(7)17)13(16)9-5-12(19)10(15)6-11(9)18/h2-6,13H,1H3. The molecule has 5 heteroatoms. The zero-order valence-electron chi connectivity index (χ0n) is 9.85. The molecule has 0 aliphatic rings. The molecule has 19 heavy (non-hydrogen) atoms. The van der Waals surface area contributed by atoms with E-state index >= 15 is 0 Å². The van der Waals surface area contributed by atoms with Gasteiger partial charge in [0.2, 0.25) is 0 Å². The van der Waals surface area contributed by atoms with Crippen LogP contribution in [0.15, 0.2) is 34.8 Å². The van der Waals surface area contributed by atoms with Crippen LogP contribution in [0.4, 0.5) is 8.78 Å². The molecule has 0 spiro atoms. The number of benzene rings is 2. The molecule has 0 heterocycles. The van der Waals surface area contributed by atoms with E-state index in [2.05, 4.69) is 31.9 Å². The second-order valence-corrected chi connectivity index (χ2v) is 6.28. The van der Waals surface area contributed by atoms with Gasteiger partial charge in [0.1, 0.15) is 11.6 Å². The van der Waals surface area contributed by atoms with Crippen molar-refractivity contribution in [2.24, 2.45) is 0 Å². The second kappa shape index (κ2) is 5.90.